The van der Waals surface area contributed by atoms with E-state index in [1.54, 1.807) is 11.6 Å². The molecule has 2 aromatic heterocycles. The first-order valence-corrected chi connectivity index (χ1v) is 6.17. The van der Waals surface area contributed by atoms with Crippen LogP contribution in [0.1, 0.15) is 6.92 Å². The van der Waals surface area contributed by atoms with Gasteiger partial charge in [-0.05, 0) is 18.5 Å². The summed E-state index contributed by atoms with van der Waals surface area (Å²) in [5.41, 5.74) is -0.514. The number of aromatic nitrogens is 4. The lowest BCUT2D eigenvalue weighted by Crippen LogP contribution is -2.37. The van der Waals surface area contributed by atoms with Crippen LogP contribution in [0, 0.1) is 0 Å². The number of ether oxygens (including phenoxy) is 1. The van der Waals surface area contributed by atoms with Crippen molar-refractivity contribution in [2.24, 2.45) is 14.1 Å². The van der Waals surface area contributed by atoms with E-state index in [4.69, 9.17) is 16.3 Å². The van der Waals surface area contributed by atoms with E-state index in [0.29, 0.717) is 24.3 Å². The fourth-order valence-corrected chi connectivity index (χ4v) is 2.34. The molecule has 0 aromatic carbocycles. The largest absolute Gasteiger partial charge is 0.368 e. The molecule has 102 valence electrons. The number of hydrogen-bond donors (Lipinski definition) is 0. The molecule has 1 aliphatic rings. The van der Waals surface area contributed by atoms with Crippen LogP contribution in [0.25, 0.3) is 11.2 Å². The maximum atomic E-state index is 12.2. The highest BCUT2D eigenvalue weighted by Gasteiger charge is 2.40. The van der Waals surface area contributed by atoms with Crippen LogP contribution in [0.2, 0.25) is 5.28 Å². The smallest absolute Gasteiger partial charge is 0.332 e. The number of hydrogen-bond acceptors (Lipinski definition) is 4. The Morgan fingerprint density at radius 3 is 2.58 bits per heavy atom. The van der Waals surface area contributed by atoms with Gasteiger partial charge in [-0.1, -0.05) is 0 Å². The van der Waals surface area contributed by atoms with Gasteiger partial charge >= 0.3 is 5.69 Å². The fourth-order valence-electron chi connectivity index (χ4n) is 2.11. The van der Waals surface area contributed by atoms with Gasteiger partial charge in [-0.2, -0.15) is 4.98 Å². The molecule has 0 bridgehead atoms. The van der Waals surface area contributed by atoms with Crippen LogP contribution in [-0.4, -0.2) is 30.9 Å². The molecule has 0 radical (unpaired) electrons. The standard InChI is InChI=1S/C11H13ClN4O3/c1-11(5-19-11)4-16-6-7(13-9(16)12)14(2)10(18)15(3)8(6)17/h4-5H2,1-3H3. The third-order valence-electron chi connectivity index (χ3n) is 3.43. The minimum absolute atomic E-state index is 0.185. The SMILES string of the molecule is Cn1c(=O)c2c(nc(Cl)n2CC2(C)CO2)n(C)c1=O. The van der Waals surface area contributed by atoms with Crippen LogP contribution in [0.3, 0.4) is 0 Å². The number of imidazole rings is 1. The van der Waals surface area contributed by atoms with E-state index >= 15 is 0 Å². The normalized spacial score (nSPS) is 22.1. The van der Waals surface area contributed by atoms with Crippen molar-refractivity contribution in [1.29, 1.82) is 0 Å². The van der Waals surface area contributed by atoms with E-state index < -0.39 is 11.2 Å². The van der Waals surface area contributed by atoms with Gasteiger partial charge in [-0.3, -0.25) is 13.9 Å². The van der Waals surface area contributed by atoms with Crippen molar-refractivity contribution in [2.45, 2.75) is 19.1 Å². The first-order valence-electron chi connectivity index (χ1n) is 5.80. The number of aryl methyl sites for hydroxylation is 1. The van der Waals surface area contributed by atoms with E-state index in [-0.39, 0.29) is 10.9 Å². The van der Waals surface area contributed by atoms with E-state index in [9.17, 15) is 9.59 Å². The summed E-state index contributed by atoms with van der Waals surface area (Å²) in [5.74, 6) is 0. The van der Waals surface area contributed by atoms with Crippen molar-refractivity contribution < 1.29 is 4.74 Å². The Bertz CT molecular complexity index is 797. The molecule has 8 heteroatoms. The summed E-state index contributed by atoms with van der Waals surface area (Å²) in [4.78, 5) is 28.2. The minimum Gasteiger partial charge on any atom is -0.368 e. The van der Waals surface area contributed by atoms with Crippen LogP contribution < -0.4 is 11.2 Å². The molecular formula is C11H13ClN4O3. The molecule has 3 rings (SSSR count). The van der Waals surface area contributed by atoms with E-state index in [0.717, 1.165) is 4.57 Å². The van der Waals surface area contributed by atoms with Crippen molar-refractivity contribution in [2.75, 3.05) is 6.61 Å². The van der Waals surface area contributed by atoms with Crippen LogP contribution in [0.5, 0.6) is 0 Å². The number of epoxide rings is 1. The Morgan fingerprint density at radius 2 is 2.00 bits per heavy atom. The lowest BCUT2D eigenvalue weighted by Gasteiger charge is -2.09. The third kappa shape index (κ3) is 1.73. The minimum atomic E-state index is -0.423. The Morgan fingerprint density at radius 1 is 1.37 bits per heavy atom. The summed E-state index contributed by atoms with van der Waals surface area (Å²) < 4.78 is 9.28. The highest BCUT2D eigenvalue weighted by atomic mass is 35.5. The van der Waals surface area contributed by atoms with Gasteiger partial charge in [0.2, 0.25) is 5.28 Å². The zero-order valence-electron chi connectivity index (χ0n) is 10.8. The predicted molar refractivity (Wildman–Crippen MR) is 69.6 cm³/mol. The van der Waals surface area contributed by atoms with Crippen LogP contribution in [-0.2, 0) is 25.4 Å². The van der Waals surface area contributed by atoms with Crippen LogP contribution in [0.15, 0.2) is 9.59 Å². The highest BCUT2D eigenvalue weighted by Crippen LogP contribution is 2.30. The molecule has 2 aromatic rings. The van der Waals surface area contributed by atoms with E-state index in [1.807, 2.05) is 6.92 Å². The maximum Gasteiger partial charge on any atom is 0.332 e. The summed E-state index contributed by atoms with van der Waals surface area (Å²) >= 11 is 6.08. The summed E-state index contributed by atoms with van der Waals surface area (Å²) in [6.07, 6.45) is 0. The maximum absolute atomic E-state index is 12.2. The average Bonchev–Trinajstić information content (AvgIpc) is 3.00. The van der Waals surface area contributed by atoms with Crippen LogP contribution >= 0.6 is 11.6 Å². The van der Waals surface area contributed by atoms with Crippen molar-refractivity contribution in [1.82, 2.24) is 18.7 Å². The third-order valence-corrected chi connectivity index (χ3v) is 3.72. The summed E-state index contributed by atoms with van der Waals surface area (Å²) in [6.45, 7) is 2.99. The number of halogens is 1. The molecule has 0 spiro atoms. The molecule has 1 saturated heterocycles. The molecule has 7 nitrogen and oxygen atoms in total. The molecule has 1 atom stereocenters. The second-order valence-corrected chi connectivity index (χ2v) is 5.42. The van der Waals surface area contributed by atoms with Gasteiger partial charge in [0.1, 0.15) is 5.60 Å². The molecule has 1 unspecified atom stereocenters. The Kier molecular flexibility index (Phi) is 2.42. The predicted octanol–water partition coefficient (Wildman–Crippen LogP) is -0.124. The highest BCUT2D eigenvalue weighted by molar-refractivity contribution is 6.29. The molecular weight excluding hydrogens is 272 g/mol. The molecule has 19 heavy (non-hydrogen) atoms. The number of nitrogens with zero attached hydrogens (tertiary/aromatic N) is 4. The molecule has 3 heterocycles. The zero-order valence-corrected chi connectivity index (χ0v) is 11.6. The summed E-state index contributed by atoms with van der Waals surface area (Å²) in [5, 5.41) is 0.185. The Balaban J connectivity index is 2.37. The quantitative estimate of drug-likeness (QED) is 0.569. The topological polar surface area (TPSA) is 74.3 Å². The molecule has 0 aliphatic carbocycles. The first-order chi connectivity index (χ1) is 8.84. The van der Waals surface area contributed by atoms with Gasteiger partial charge in [0.15, 0.2) is 11.2 Å². The van der Waals surface area contributed by atoms with Crippen molar-refractivity contribution in [3.63, 3.8) is 0 Å². The molecule has 0 amide bonds. The Hall–Kier alpha value is -1.60. The van der Waals surface area contributed by atoms with Crippen molar-refractivity contribution in [3.8, 4) is 0 Å². The van der Waals surface area contributed by atoms with Gasteiger partial charge < -0.3 is 9.30 Å². The summed E-state index contributed by atoms with van der Waals surface area (Å²) in [6, 6.07) is 0. The van der Waals surface area contributed by atoms with Gasteiger partial charge in [0, 0.05) is 14.1 Å². The molecule has 0 N–H and O–H groups in total. The zero-order chi connectivity index (χ0) is 13.9. The van der Waals surface area contributed by atoms with Crippen molar-refractivity contribution in [3.05, 3.63) is 26.1 Å². The summed E-state index contributed by atoms with van der Waals surface area (Å²) in [7, 11) is 3.00. The van der Waals surface area contributed by atoms with Gasteiger partial charge in [0.25, 0.3) is 5.56 Å². The van der Waals surface area contributed by atoms with Gasteiger partial charge in [0.05, 0.1) is 13.2 Å². The average molecular weight is 285 g/mol. The van der Waals surface area contributed by atoms with Crippen LogP contribution in [0.4, 0.5) is 0 Å². The first kappa shape index (κ1) is 12.4. The number of rotatable bonds is 2. The second-order valence-electron chi connectivity index (χ2n) is 5.08. The molecule has 1 fully saturated rings. The molecule has 1 aliphatic heterocycles. The second kappa shape index (κ2) is 3.71. The monoisotopic (exact) mass is 284 g/mol. The van der Waals surface area contributed by atoms with Gasteiger partial charge in [-0.15, -0.1) is 0 Å². The lowest BCUT2D eigenvalue weighted by molar-refractivity contribution is 0.296. The van der Waals surface area contributed by atoms with E-state index in [2.05, 4.69) is 4.98 Å². The van der Waals surface area contributed by atoms with E-state index in [1.165, 1.54) is 11.6 Å². The Labute approximate surface area is 113 Å². The van der Waals surface area contributed by atoms with Gasteiger partial charge in [-0.25, -0.2) is 4.79 Å². The number of fused-ring (bicyclic) bond motifs is 1. The fraction of sp³-hybridized carbons (Fsp3) is 0.545. The van der Waals surface area contributed by atoms with Crippen molar-refractivity contribution >= 4 is 22.8 Å². The molecule has 0 saturated carbocycles. The lowest BCUT2D eigenvalue weighted by atomic mass is 10.2.